The predicted molar refractivity (Wildman–Crippen MR) is 109 cm³/mol. The number of benzene rings is 2. The Morgan fingerprint density at radius 1 is 1.18 bits per heavy atom. The van der Waals surface area contributed by atoms with Crippen LogP contribution in [0.5, 0.6) is 5.75 Å². The van der Waals surface area contributed by atoms with E-state index in [0.717, 1.165) is 36.3 Å². The normalized spacial score (nSPS) is 18.2. The average molecular weight is 384 g/mol. The van der Waals surface area contributed by atoms with Crippen LogP contribution in [-0.4, -0.2) is 31.0 Å². The van der Waals surface area contributed by atoms with E-state index in [1.807, 2.05) is 36.4 Å². The van der Waals surface area contributed by atoms with Crippen molar-refractivity contribution in [2.75, 3.05) is 20.2 Å². The molecular weight excluding hydrogens is 355 g/mol. The maximum atomic E-state index is 13.2. The summed E-state index contributed by atoms with van der Waals surface area (Å²) < 4.78 is 18.4. The Morgan fingerprint density at radius 3 is 2.46 bits per heavy atom. The molecular formula is C23H29FN2O2. The third-order valence-corrected chi connectivity index (χ3v) is 5.42. The van der Waals surface area contributed by atoms with Crippen LogP contribution in [0.15, 0.2) is 48.5 Å². The zero-order valence-corrected chi connectivity index (χ0v) is 16.8. The van der Waals surface area contributed by atoms with Crippen molar-refractivity contribution in [1.82, 2.24) is 10.2 Å². The molecule has 0 radical (unpaired) electrons. The molecule has 0 saturated carbocycles. The summed E-state index contributed by atoms with van der Waals surface area (Å²) in [5.74, 6) is 0.856. The van der Waals surface area contributed by atoms with Crippen molar-refractivity contribution in [3.05, 3.63) is 65.5 Å². The minimum absolute atomic E-state index is 0.0172. The zero-order chi connectivity index (χ0) is 20.1. The Bertz CT molecular complexity index is 774. The van der Waals surface area contributed by atoms with Crippen molar-refractivity contribution in [3.63, 3.8) is 0 Å². The second-order valence-electron chi connectivity index (χ2n) is 7.74. The smallest absolute Gasteiger partial charge is 0.234 e. The number of carbonyl (C=O) groups excluding carboxylic acids is 1. The van der Waals surface area contributed by atoms with Crippen LogP contribution >= 0.6 is 0 Å². The first-order valence-corrected chi connectivity index (χ1v) is 9.90. The molecule has 1 fully saturated rings. The lowest BCUT2D eigenvalue weighted by molar-refractivity contribution is -0.123. The van der Waals surface area contributed by atoms with E-state index in [4.69, 9.17) is 4.74 Å². The van der Waals surface area contributed by atoms with Gasteiger partial charge in [-0.05, 0) is 60.7 Å². The molecule has 2 unspecified atom stereocenters. The van der Waals surface area contributed by atoms with Crippen LogP contribution in [0.25, 0.3) is 0 Å². The first-order valence-electron chi connectivity index (χ1n) is 9.90. The summed E-state index contributed by atoms with van der Waals surface area (Å²) in [4.78, 5) is 15.0. The second-order valence-corrected chi connectivity index (χ2v) is 7.74. The molecule has 28 heavy (non-hydrogen) atoms. The van der Waals surface area contributed by atoms with Gasteiger partial charge >= 0.3 is 0 Å². The molecule has 150 valence electrons. The van der Waals surface area contributed by atoms with Crippen LogP contribution in [0.4, 0.5) is 4.39 Å². The third kappa shape index (κ3) is 4.90. The van der Waals surface area contributed by atoms with Gasteiger partial charge in [0.2, 0.25) is 5.91 Å². The van der Waals surface area contributed by atoms with E-state index in [2.05, 4.69) is 24.1 Å². The van der Waals surface area contributed by atoms with E-state index < -0.39 is 0 Å². The first kappa shape index (κ1) is 20.3. The van der Waals surface area contributed by atoms with Gasteiger partial charge in [0.1, 0.15) is 11.6 Å². The highest BCUT2D eigenvalue weighted by atomic mass is 19.1. The second kappa shape index (κ2) is 9.20. The van der Waals surface area contributed by atoms with Crippen molar-refractivity contribution in [2.24, 2.45) is 5.92 Å². The summed E-state index contributed by atoms with van der Waals surface area (Å²) in [6, 6.07) is 14.6. The average Bonchev–Trinajstić information content (AvgIpc) is 3.14. The van der Waals surface area contributed by atoms with E-state index in [0.29, 0.717) is 6.54 Å². The molecule has 2 aromatic carbocycles. The summed E-state index contributed by atoms with van der Waals surface area (Å²) in [6.45, 7) is 5.43. The van der Waals surface area contributed by atoms with Crippen molar-refractivity contribution in [2.45, 2.75) is 38.8 Å². The Kier molecular flexibility index (Phi) is 6.68. The highest BCUT2D eigenvalue weighted by Gasteiger charge is 2.28. The molecule has 1 aliphatic heterocycles. The van der Waals surface area contributed by atoms with Gasteiger partial charge < -0.3 is 10.1 Å². The molecule has 3 rings (SSSR count). The van der Waals surface area contributed by atoms with Crippen LogP contribution < -0.4 is 10.1 Å². The Balaban J connectivity index is 1.65. The molecule has 0 aromatic heterocycles. The van der Waals surface area contributed by atoms with Crippen LogP contribution in [0.2, 0.25) is 0 Å². The minimum atomic E-state index is -0.231. The van der Waals surface area contributed by atoms with Gasteiger partial charge in [0, 0.05) is 6.04 Å². The van der Waals surface area contributed by atoms with Gasteiger partial charge in [-0.15, -0.1) is 0 Å². The number of likely N-dealkylation sites (tertiary alicyclic amines) is 1. The van der Waals surface area contributed by atoms with Crippen molar-refractivity contribution in [3.8, 4) is 5.75 Å². The van der Waals surface area contributed by atoms with E-state index >= 15 is 0 Å². The molecule has 1 aliphatic rings. The highest BCUT2D eigenvalue weighted by molar-refractivity contribution is 5.78. The van der Waals surface area contributed by atoms with Gasteiger partial charge in [0.25, 0.3) is 0 Å². The monoisotopic (exact) mass is 384 g/mol. The number of methoxy groups -OCH3 is 1. The van der Waals surface area contributed by atoms with Gasteiger partial charge in [-0.2, -0.15) is 0 Å². The molecule has 4 nitrogen and oxygen atoms in total. The van der Waals surface area contributed by atoms with Crippen LogP contribution in [0.3, 0.4) is 0 Å². The fourth-order valence-corrected chi connectivity index (χ4v) is 3.93. The number of nitrogens with zero attached hydrogens (tertiary/aromatic N) is 1. The van der Waals surface area contributed by atoms with Crippen LogP contribution in [0.1, 0.15) is 49.9 Å². The topological polar surface area (TPSA) is 41.6 Å². The van der Waals surface area contributed by atoms with Gasteiger partial charge in [-0.3, -0.25) is 9.69 Å². The molecule has 1 saturated heterocycles. The van der Waals surface area contributed by atoms with E-state index in [1.165, 1.54) is 12.1 Å². The van der Waals surface area contributed by atoms with E-state index in [-0.39, 0.29) is 29.7 Å². The lowest BCUT2D eigenvalue weighted by Gasteiger charge is -2.27. The van der Waals surface area contributed by atoms with Crippen molar-refractivity contribution >= 4 is 5.91 Å². The quantitative estimate of drug-likeness (QED) is 0.765. The van der Waals surface area contributed by atoms with E-state index in [1.54, 1.807) is 7.11 Å². The predicted octanol–water partition coefficient (Wildman–Crippen LogP) is 4.48. The van der Waals surface area contributed by atoms with Gasteiger partial charge in [0.05, 0.1) is 19.7 Å². The van der Waals surface area contributed by atoms with E-state index in [9.17, 15) is 9.18 Å². The molecule has 5 heteroatoms. The molecule has 1 heterocycles. The lowest BCUT2D eigenvalue weighted by Crippen LogP contribution is -2.40. The fourth-order valence-electron chi connectivity index (χ4n) is 3.93. The Labute approximate surface area is 166 Å². The maximum absolute atomic E-state index is 13.2. The number of hydrogen-bond donors (Lipinski definition) is 1. The number of amides is 1. The summed E-state index contributed by atoms with van der Waals surface area (Å²) in [5, 5.41) is 3.20. The van der Waals surface area contributed by atoms with Crippen LogP contribution in [0, 0.1) is 11.7 Å². The van der Waals surface area contributed by atoms with Crippen molar-refractivity contribution in [1.29, 1.82) is 0 Å². The number of carbonyl (C=O) groups is 1. The molecule has 0 bridgehead atoms. The fraction of sp³-hybridized carbons (Fsp3) is 0.435. The Hall–Kier alpha value is -2.40. The van der Waals surface area contributed by atoms with Gasteiger partial charge in [-0.1, -0.05) is 38.1 Å². The van der Waals surface area contributed by atoms with Crippen molar-refractivity contribution < 1.29 is 13.9 Å². The molecule has 0 aliphatic carbocycles. The summed E-state index contributed by atoms with van der Waals surface area (Å²) >= 11 is 0. The summed E-state index contributed by atoms with van der Waals surface area (Å²) in [5.41, 5.74) is 2.14. The standard InChI is InChI=1S/C23H29FN2O2/c1-16(2)23(18-8-12-20(28-3)13-9-18)25-22(27)15-26-14-4-5-21(26)17-6-10-19(24)11-7-17/h6-13,16,21,23H,4-5,14-15H2,1-3H3,(H,25,27). The third-order valence-electron chi connectivity index (χ3n) is 5.42. The maximum Gasteiger partial charge on any atom is 0.234 e. The molecule has 1 N–H and O–H groups in total. The number of halogens is 1. The summed E-state index contributed by atoms with van der Waals surface area (Å²) in [7, 11) is 1.64. The number of hydrogen-bond acceptors (Lipinski definition) is 3. The highest BCUT2D eigenvalue weighted by Crippen LogP contribution is 2.32. The zero-order valence-electron chi connectivity index (χ0n) is 16.8. The molecule has 1 amide bonds. The Morgan fingerprint density at radius 2 is 1.86 bits per heavy atom. The largest absolute Gasteiger partial charge is 0.497 e. The first-order chi connectivity index (χ1) is 13.5. The lowest BCUT2D eigenvalue weighted by atomic mass is 9.96. The number of rotatable bonds is 7. The number of nitrogens with one attached hydrogen (secondary N) is 1. The molecule has 0 spiro atoms. The van der Waals surface area contributed by atoms with Gasteiger partial charge in [-0.25, -0.2) is 4.39 Å². The SMILES string of the molecule is COc1ccc(C(NC(=O)CN2CCCC2c2ccc(F)cc2)C(C)C)cc1. The molecule has 2 atom stereocenters. The van der Waals surface area contributed by atoms with Crippen LogP contribution in [-0.2, 0) is 4.79 Å². The number of ether oxygens (including phenoxy) is 1. The molecule has 2 aromatic rings. The minimum Gasteiger partial charge on any atom is -0.497 e. The van der Waals surface area contributed by atoms with Gasteiger partial charge in [0.15, 0.2) is 0 Å². The summed E-state index contributed by atoms with van der Waals surface area (Å²) in [6.07, 6.45) is 2.03.